The quantitative estimate of drug-likeness (QED) is 0.780. The van der Waals surface area contributed by atoms with Crippen molar-refractivity contribution in [2.45, 2.75) is 19.4 Å². The van der Waals surface area contributed by atoms with Crippen LogP contribution in [0.4, 0.5) is 0 Å². The van der Waals surface area contributed by atoms with Crippen molar-refractivity contribution in [3.8, 4) is 6.07 Å². The largest absolute Gasteiger partial charge is 0.461 e. The molecule has 3 heteroatoms. The highest BCUT2D eigenvalue weighted by Crippen LogP contribution is 2.07. The number of ether oxygens (including phenoxy) is 1. The fraction of sp³-hybridized carbons (Fsp3) is 0.176. The molecule has 2 rings (SSSR count). The summed E-state index contributed by atoms with van der Waals surface area (Å²) >= 11 is 0. The summed E-state index contributed by atoms with van der Waals surface area (Å²) in [5.74, 6) is -0.210. The molecule has 0 fully saturated rings. The van der Waals surface area contributed by atoms with Crippen molar-refractivity contribution in [2.24, 2.45) is 0 Å². The zero-order chi connectivity index (χ0) is 14.2. The first-order valence-electron chi connectivity index (χ1n) is 6.46. The number of nitriles is 1. The number of hydrogen-bond donors (Lipinski definition) is 0. The van der Waals surface area contributed by atoms with Gasteiger partial charge in [0.25, 0.3) is 0 Å². The van der Waals surface area contributed by atoms with E-state index in [1.165, 1.54) is 0 Å². The van der Waals surface area contributed by atoms with Crippen molar-refractivity contribution in [2.75, 3.05) is 0 Å². The lowest BCUT2D eigenvalue weighted by molar-refractivity contribution is -0.144. The third kappa shape index (κ3) is 4.25. The monoisotopic (exact) mass is 265 g/mol. The Bertz CT molecular complexity index is 597. The zero-order valence-electron chi connectivity index (χ0n) is 11.1. The van der Waals surface area contributed by atoms with Crippen molar-refractivity contribution in [1.29, 1.82) is 5.26 Å². The van der Waals surface area contributed by atoms with Crippen LogP contribution in [0.2, 0.25) is 0 Å². The second kappa shape index (κ2) is 7.10. The molecule has 2 aromatic rings. The standard InChI is InChI=1S/C17H15NO2/c18-12-15-8-6-14(7-9-15)10-11-17(19)20-13-16-4-2-1-3-5-16/h1-9H,10-11,13H2. The third-order valence-corrected chi connectivity index (χ3v) is 2.94. The lowest BCUT2D eigenvalue weighted by atomic mass is 10.1. The first kappa shape index (κ1) is 13.8. The van der Waals surface area contributed by atoms with E-state index in [0.29, 0.717) is 25.0 Å². The Hall–Kier alpha value is -2.60. The summed E-state index contributed by atoms with van der Waals surface area (Å²) in [6.45, 7) is 0.313. The van der Waals surface area contributed by atoms with E-state index in [1.807, 2.05) is 42.5 Å². The van der Waals surface area contributed by atoms with Crippen molar-refractivity contribution in [3.05, 3.63) is 71.3 Å². The number of esters is 1. The van der Waals surface area contributed by atoms with E-state index in [1.54, 1.807) is 12.1 Å². The minimum atomic E-state index is -0.210. The van der Waals surface area contributed by atoms with Crippen molar-refractivity contribution in [3.63, 3.8) is 0 Å². The second-order valence-electron chi connectivity index (χ2n) is 4.46. The molecular weight excluding hydrogens is 250 g/mol. The molecule has 0 bridgehead atoms. The topological polar surface area (TPSA) is 50.1 Å². The van der Waals surface area contributed by atoms with Crippen molar-refractivity contribution in [1.82, 2.24) is 0 Å². The third-order valence-electron chi connectivity index (χ3n) is 2.94. The molecule has 3 nitrogen and oxygen atoms in total. The molecule has 0 N–H and O–H groups in total. The van der Waals surface area contributed by atoms with Crippen LogP contribution in [0.25, 0.3) is 0 Å². The van der Waals surface area contributed by atoms with E-state index < -0.39 is 0 Å². The summed E-state index contributed by atoms with van der Waals surface area (Å²) in [6, 6.07) is 18.9. The van der Waals surface area contributed by atoms with Crippen LogP contribution in [0.1, 0.15) is 23.1 Å². The van der Waals surface area contributed by atoms with Gasteiger partial charge in [-0.25, -0.2) is 0 Å². The molecule has 0 unspecified atom stereocenters. The molecule has 20 heavy (non-hydrogen) atoms. The van der Waals surface area contributed by atoms with Gasteiger partial charge in [-0.2, -0.15) is 5.26 Å². The average molecular weight is 265 g/mol. The van der Waals surface area contributed by atoms with Crippen LogP contribution >= 0.6 is 0 Å². The zero-order valence-corrected chi connectivity index (χ0v) is 11.1. The minimum Gasteiger partial charge on any atom is -0.461 e. The van der Waals surface area contributed by atoms with Gasteiger partial charge in [-0.1, -0.05) is 42.5 Å². The molecule has 0 atom stereocenters. The van der Waals surface area contributed by atoms with Gasteiger partial charge in [-0.15, -0.1) is 0 Å². The number of carbonyl (C=O) groups is 1. The number of nitrogens with zero attached hydrogens (tertiary/aromatic N) is 1. The van der Waals surface area contributed by atoms with Crippen LogP contribution < -0.4 is 0 Å². The minimum absolute atomic E-state index is 0.210. The van der Waals surface area contributed by atoms with Gasteiger partial charge in [-0.3, -0.25) is 4.79 Å². The second-order valence-corrected chi connectivity index (χ2v) is 4.46. The number of benzene rings is 2. The molecule has 2 aromatic carbocycles. The van der Waals surface area contributed by atoms with E-state index in [9.17, 15) is 4.79 Å². The van der Waals surface area contributed by atoms with Crippen molar-refractivity contribution >= 4 is 5.97 Å². The lowest BCUT2D eigenvalue weighted by Crippen LogP contribution is -2.05. The maximum absolute atomic E-state index is 11.6. The summed E-state index contributed by atoms with van der Waals surface area (Å²) in [7, 11) is 0. The highest BCUT2D eigenvalue weighted by Gasteiger charge is 2.04. The van der Waals surface area contributed by atoms with Gasteiger partial charge < -0.3 is 4.74 Å². The molecule has 0 amide bonds. The van der Waals surface area contributed by atoms with Crippen LogP contribution in [0.3, 0.4) is 0 Å². The molecule has 0 aliphatic heterocycles. The van der Waals surface area contributed by atoms with Crippen molar-refractivity contribution < 1.29 is 9.53 Å². The lowest BCUT2D eigenvalue weighted by Gasteiger charge is -2.05. The normalized spacial score (nSPS) is 9.75. The summed E-state index contributed by atoms with van der Waals surface area (Å²) < 4.78 is 5.20. The van der Waals surface area contributed by atoms with Gasteiger partial charge in [-0.05, 0) is 29.7 Å². The van der Waals surface area contributed by atoms with Gasteiger partial charge in [0.2, 0.25) is 0 Å². The average Bonchev–Trinajstić information content (AvgIpc) is 2.52. The smallest absolute Gasteiger partial charge is 0.306 e. The van der Waals surface area contributed by atoms with Crippen LogP contribution in [0.5, 0.6) is 0 Å². The molecule has 0 aromatic heterocycles. The summed E-state index contributed by atoms with van der Waals surface area (Å²) in [4.78, 5) is 11.6. The van der Waals surface area contributed by atoms with Crippen LogP contribution in [-0.2, 0) is 22.6 Å². The Morgan fingerprint density at radius 1 is 1.00 bits per heavy atom. The van der Waals surface area contributed by atoms with Gasteiger partial charge in [0.15, 0.2) is 0 Å². The fourth-order valence-corrected chi connectivity index (χ4v) is 1.80. The van der Waals surface area contributed by atoms with Gasteiger partial charge >= 0.3 is 5.97 Å². The molecular formula is C17H15NO2. The molecule has 0 radical (unpaired) electrons. The molecule has 0 saturated carbocycles. The maximum atomic E-state index is 11.6. The molecule has 100 valence electrons. The summed E-state index contributed by atoms with van der Waals surface area (Å²) in [5, 5.41) is 8.70. The summed E-state index contributed by atoms with van der Waals surface area (Å²) in [6.07, 6.45) is 0.970. The van der Waals surface area contributed by atoms with E-state index in [2.05, 4.69) is 6.07 Å². The fourth-order valence-electron chi connectivity index (χ4n) is 1.80. The number of carbonyl (C=O) groups excluding carboxylic acids is 1. The van der Waals surface area contributed by atoms with E-state index >= 15 is 0 Å². The number of rotatable bonds is 5. The Morgan fingerprint density at radius 3 is 2.35 bits per heavy atom. The Balaban J connectivity index is 1.76. The maximum Gasteiger partial charge on any atom is 0.306 e. The van der Waals surface area contributed by atoms with Gasteiger partial charge in [0.05, 0.1) is 11.6 Å². The SMILES string of the molecule is N#Cc1ccc(CCC(=O)OCc2ccccc2)cc1. The number of hydrogen-bond acceptors (Lipinski definition) is 3. The molecule has 0 aliphatic rings. The first-order chi connectivity index (χ1) is 9.78. The van der Waals surface area contributed by atoms with Gasteiger partial charge in [0, 0.05) is 6.42 Å². The first-order valence-corrected chi connectivity index (χ1v) is 6.46. The Kier molecular flexibility index (Phi) is 4.91. The molecule has 0 spiro atoms. The van der Waals surface area contributed by atoms with Gasteiger partial charge in [0.1, 0.15) is 6.61 Å². The van der Waals surface area contributed by atoms with E-state index in [0.717, 1.165) is 11.1 Å². The van der Waals surface area contributed by atoms with Crippen LogP contribution in [0, 0.1) is 11.3 Å². The highest BCUT2D eigenvalue weighted by atomic mass is 16.5. The Morgan fingerprint density at radius 2 is 1.70 bits per heavy atom. The molecule has 0 aliphatic carbocycles. The van der Waals surface area contributed by atoms with E-state index in [4.69, 9.17) is 10.00 Å². The van der Waals surface area contributed by atoms with E-state index in [-0.39, 0.29) is 5.97 Å². The predicted molar refractivity (Wildman–Crippen MR) is 75.7 cm³/mol. The van der Waals surface area contributed by atoms with Crippen LogP contribution in [-0.4, -0.2) is 5.97 Å². The Labute approximate surface area is 118 Å². The number of aryl methyl sites for hydroxylation is 1. The highest BCUT2D eigenvalue weighted by molar-refractivity contribution is 5.69. The van der Waals surface area contributed by atoms with Crippen LogP contribution in [0.15, 0.2) is 54.6 Å². The predicted octanol–water partition coefficient (Wildman–Crippen LogP) is 3.23. The molecule has 0 saturated heterocycles. The molecule has 0 heterocycles. The summed E-state index contributed by atoms with van der Waals surface area (Å²) in [5.41, 5.74) is 2.64.